The molecular weight excluding hydrogens is 891 g/mol. The minimum Gasteiger partial charge on any atom is -0.506 e. The highest BCUT2D eigenvalue weighted by atomic mass is 32.1. The first kappa shape index (κ1) is 56.4. The Kier molecular flexibility index (Phi) is 22.5. The molecule has 3 rings (SSSR count). The van der Waals surface area contributed by atoms with Gasteiger partial charge in [-0.15, -0.1) is 24.2 Å². The van der Waals surface area contributed by atoms with E-state index < -0.39 is 71.3 Å². The number of esters is 1. The number of piperidine rings is 1. The average Bonchev–Trinajstić information content (AvgIpc) is 3.80. The molecule has 2 heterocycles. The quantitative estimate of drug-likeness (QED) is 0.0329. The van der Waals surface area contributed by atoms with Crippen LogP contribution in [0.4, 0.5) is 5.69 Å². The third kappa shape index (κ3) is 17.0. The second kappa shape index (κ2) is 27.2. The molecule has 2 aromatic rings. The number of nitrogens with one attached hydrogen (secondary N) is 2. The number of aromatic nitrogens is 1. The van der Waals surface area contributed by atoms with E-state index in [9.17, 15) is 48.6 Å². The van der Waals surface area contributed by atoms with Crippen molar-refractivity contribution in [3.63, 3.8) is 0 Å². The van der Waals surface area contributed by atoms with E-state index in [2.05, 4.69) is 20.5 Å². The van der Waals surface area contributed by atoms with Crippen molar-refractivity contribution in [1.82, 2.24) is 20.1 Å². The zero-order chi connectivity index (χ0) is 50.8. The lowest BCUT2D eigenvalue weighted by Crippen LogP contribution is -2.48. The van der Waals surface area contributed by atoms with Crippen LogP contribution >= 0.6 is 11.3 Å². The van der Waals surface area contributed by atoms with Gasteiger partial charge in [0.25, 0.3) is 5.91 Å². The number of likely N-dealkylation sites (N-methyl/N-ethyl adjacent to an activating group) is 1. The molecule has 16 nitrogen and oxygen atoms in total. The van der Waals surface area contributed by atoms with Crippen molar-refractivity contribution in [2.45, 2.75) is 143 Å². The van der Waals surface area contributed by atoms with Crippen molar-refractivity contribution in [2.75, 3.05) is 26.0 Å². The summed E-state index contributed by atoms with van der Waals surface area (Å²) < 4.78 is 5.80. The fourth-order valence-corrected chi connectivity index (χ4v) is 9.42. The Morgan fingerprint density at radius 2 is 1.65 bits per heavy atom. The molecule has 1 saturated heterocycles. The molecular formula is C51H69N5O11S. The smallest absolute Gasteiger partial charge is 0.306 e. The van der Waals surface area contributed by atoms with Crippen LogP contribution in [0.25, 0.3) is 0 Å². The maximum absolute atomic E-state index is 14.4. The van der Waals surface area contributed by atoms with Gasteiger partial charge in [-0.05, 0) is 93.5 Å². The fourth-order valence-electron chi connectivity index (χ4n) is 8.58. The molecule has 1 fully saturated rings. The van der Waals surface area contributed by atoms with Crippen molar-refractivity contribution >= 4 is 64.0 Å². The number of likely N-dealkylation sites (tertiary alicyclic amines) is 1. The number of hydrogen-bond donors (Lipinski definition) is 4. The van der Waals surface area contributed by atoms with Gasteiger partial charge in [0, 0.05) is 69.0 Å². The number of Topliss-reactive ketones (excluding diaryl/α,β-unsaturated/α-hetero) is 3. The maximum Gasteiger partial charge on any atom is 0.306 e. The highest BCUT2D eigenvalue weighted by Crippen LogP contribution is 2.33. The number of thiazole rings is 1. The second-order valence-electron chi connectivity index (χ2n) is 18.4. The number of rotatable bonds is 27. The maximum atomic E-state index is 14.4. The van der Waals surface area contributed by atoms with E-state index >= 15 is 0 Å². The molecule has 1 aliphatic heterocycles. The summed E-state index contributed by atoms with van der Waals surface area (Å²) in [5.74, 6) is -2.81. The number of benzene rings is 1. The summed E-state index contributed by atoms with van der Waals surface area (Å²) in [6.45, 7) is 11.5. The van der Waals surface area contributed by atoms with Crippen LogP contribution in [-0.2, 0) is 44.7 Å². The van der Waals surface area contributed by atoms with Gasteiger partial charge in [0.05, 0.1) is 17.6 Å². The standard InChI is InChI=1S/C51H69N5O11S/c1-11-31(6)39(27-45(61)42-16-14-15-23-55(42)9)50(64)56(10)43(30(4)5)28-46(67-33(8)57)49-54-41(29-68-49)48(63)52-36(24-32(7)51(65)66)25-34-17-22-44(60)40(26-34)53-47(62)35(18-20-37(58)12-2)19-21-38(59)13-3/h2-3,17,22,26,29-32,35-36,39,42-43,46,60H,11,14-16,18-21,23-25,27-28H2,1,4-10H3,(H,52,63)(H,53,62)(H,65,66)/t31-,32?,36+,39-,42+,43+,46+/m0/s1. The molecule has 370 valence electrons. The number of hydrogen-bond acceptors (Lipinski definition) is 13. The van der Waals surface area contributed by atoms with Gasteiger partial charge in [0.1, 0.15) is 16.5 Å². The number of nitrogens with zero attached hydrogens (tertiary/aromatic N) is 3. The highest BCUT2D eigenvalue weighted by molar-refractivity contribution is 7.09. The number of terminal acetylenes is 2. The third-order valence-corrected chi connectivity index (χ3v) is 13.9. The molecule has 0 radical (unpaired) electrons. The van der Waals surface area contributed by atoms with Gasteiger partial charge >= 0.3 is 11.9 Å². The Balaban J connectivity index is 1.86. The Hall–Kier alpha value is -5.91. The first-order valence-corrected chi connectivity index (χ1v) is 24.3. The predicted molar refractivity (Wildman–Crippen MR) is 258 cm³/mol. The zero-order valence-electron chi connectivity index (χ0n) is 40.7. The number of carbonyl (C=O) groups excluding carboxylic acids is 7. The number of carbonyl (C=O) groups is 8. The van der Waals surface area contributed by atoms with Crippen molar-refractivity contribution < 1.29 is 53.3 Å². The van der Waals surface area contributed by atoms with Crippen LogP contribution in [0.15, 0.2) is 23.6 Å². The van der Waals surface area contributed by atoms with E-state index in [-0.39, 0.29) is 98.1 Å². The highest BCUT2D eigenvalue weighted by Gasteiger charge is 2.38. The number of aromatic hydroxyl groups is 1. The van der Waals surface area contributed by atoms with Crippen molar-refractivity contribution in [1.29, 1.82) is 0 Å². The van der Waals surface area contributed by atoms with Crippen LogP contribution in [0.3, 0.4) is 0 Å². The van der Waals surface area contributed by atoms with Crippen molar-refractivity contribution in [2.24, 2.45) is 29.6 Å². The van der Waals surface area contributed by atoms with E-state index in [0.717, 1.165) is 37.1 Å². The Bertz CT molecular complexity index is 2180. The molecule has 1 aliphatic rings. The molecule has 3 amide bonds. The second-order valence-corrected chi connectivity index (χ2v) is 19.3. The summed E-state index contributed by atoms with van der Waals surface area (Å²) in [4.78, 5) is 112. The van der Waals surface area contributed by atoms with Gasteiger partial charge in [-0.25, -0.2) is 4.98 Å². The molecule has 17 heteroatoms. The topological polar surface area (TPSA) is 230 Å². The van der Waals surface area contributed by atoms with E-state index in [1.165, 1.54) is 31.4 Å². The molecule has 4 N–H and O–H groups in total. The van der Waals surface area contributed by atoms with E-state index in [1.807, 2.05) is 46.6 Å². The molecule has 0 bridgehead atoms. The summed E-state index contributed by atoms with van der Waals surface area (Å²) in [7, 11) is 3.66. The summed E-state index contributed by atoms with van der Waals surface area (Å²) in [5, 5.41) is 27.9. The largest absolute Gasteiger partial charge is 0.506 e. The van der Waals surface area contributed by atoms with E-state index in [1.54, 1.807) is 18.0 Å². The summed E-state index contributed by atoms with van der Waals surface area (Å²) in [5.41, 5.74) is 0.500. The number of anilines is 1. The number of phenols is 1. The third-order valence-electron chi connectivity index (χ3n) is 12.9. The van der Waals surface area contributed by atoms with Crippen LogP contribution < -0.4 is 10.6 Å². The van der Waals surface area contributed by atoms with Gasteiger partial charge in [-0.1, -0.05) is 53.5 Å². The SMILES string of the molecule is C#CC(=O)CCC(CCC(=O)C#C)C(=O)Nc1cc(C[C@@H](CC(C)C(=O)O)NC(=O)c2csc([C@@H](C[C@H](C(C)C)N(C)C(=O)[C@@H](CC(=O)[C@H]3CCCCN3C)[C@@H](C)CC)OC(C)=O)n2)ccc1O. The summed E-state index contributed by atoms with van der Waals surface area (Å²) in [6.07, 6.45) is 13.1. The van der Waals surface area contributed by atoms with Crippen LogP contribution in [0.1, 0.15) is 139 Å². The van der Waals surface area contributed by atoms with E-state index in [4.69, 9.17) is 17.6 Å². The minimum absolute atomic E-state index is 0.00396. The molecule has 7 atom stereocenters. The minimum atomic E-state index is -1.09. The van der Waals surface area contributed by atoms with Crippen LogP contribution in [-0.4, -0.2) is 111 Å². The van der Waals surface area contributed by atoms with Gasteiger partial charge < -0.3 is 30.5 Å². The number of amides is 3. The van der Waals surface area contributed by atoms with Gasteiger partial charge in [0.2, 0.25) is 23.4 Å². The van der Waals surface area contributed by atoms with Crippen LogP contribution in [0, 0.1) is 54.3 Å². The predicted octanol–water partition coefficient (Wildman–Crippen LogP) is 6.40. The van der Waals surface area contributed by atoms with Crippen molar-refractivity contribution in [3.05, 3.63) is 39.8 Å². The molecule has 1 unspecified atom stereocenters. The molecule has 1 aromatic heterocycles. The fraction of sp³-hybridized carbons (Fsp3) is 0.588. The molecule has 0 aliphatic carbocycles. The lowest BCUT2D eigenvalue weighted by molar-refractivity contribution is -0.149. The van der Waals surface area contributed by atoms with Gasteiger partial charge in [-0.2, -0.15) is 0 Å². The summed E-state index contributed by atoms with van der Waals surface area (Å²) >= 11 is 1.09. The van der Waals surface area contributed by atoms with Crippen LogP contribution in [0.5, 0.6) is 5.75 Å². The average molecular weight is 960 g/mol. The normalized spacial score (nSPS) is 16.5. The lowest BCUT2D eigenvalue weighted by atomic mass is 9.83. The zero-order valence-corrected chi connectivity index (χ0v) is 41.5. The Morgan fingerprint density at radius 3 is 2.21 bits per heavy atom. The number of ketones is 3. The van der Waals surface area contributed by atoms with Crippen LogP contribution in [0.2, 0.25) is 0 Å². The summed E-state index contributed by atoms with van der Waals surface area (Å²) in [6, 6.07) is 2.91. The lowest BCUT2D eigenvalue weighted by Gasteiger charge is -2.37. The monoisotopic (exact) mass is 959 g/mol. The Morgan fingerprint density at radius 1 is 1.00 bits per heavy atom. The van der Waals surface area contributed by atoms with Crippen molar-refractivity contribution in [3.8, 4) is 30.4 Å². The number of carboxylic acids is 1. The van der Waals surface area contributed by atoms with E-state index in [0.29, 0.717) is 17.0 Å². The molecule has 0 spiro atoms. The van der Waals surface area contributed by atoms with Gasteiger partial charge in [0.15, 0.2) is 11.9 Å². The molecule has 0 saturated carbocycles. The number of phenolic OH excluding ortho intramolecular Hbond substituents is 1. The number of aliphatic carboxylic acids is 1. The first-order chi connectivity index (χ1) is 32.1. The number of carboxylic acid groups (broad SMARTS) is 1. The van der Waals surface area contributed by atoms with Gasteiger partial charge in [-0.3, -0.25) is 43.3 Å². The molecule has 68 heavy (non-hydrogen) atoms. The number of ether oxygens (including phenoxy) is 1. The first-order valence-electron chi connectivity index (χ1n) is 23.4. The Labute approximate surface area is 404 Å². The molecule has 1 aromatic carbocycles.